The maximum atomic E-state index is 11.5. The largest absolute Gasteiger partial charge is 0.465 e. The molecule has 0 aliphatic rings. The van der Waals surface area contributed by atoms with Crippen LogP contribution in [0.2, 0.25) is 0 Å². The average molecular weight is 281 g/mol. The first-order chi connectivity index (χ1) is 9.26. The smallest absolute Gasteiger partial charge is 0.316 e. The van der Waals surface area contributed by atoms with Gasteiger partial charge in [0, 0.05) is 11.4 Å². The number of unbranched alkanes of at least 4 members (excludes halogenated alkanes) is 1. The Bertz CT molecular complexity index is 382. The average Bonchev–Trinajstić information content (AvgIpc) is 2.44. The fourth-order valence-corrected chi connectivity index (χ4v) is 2.31. The molecule has 0 radical (unpaired) electrons. The molecule has 0 saturated heterocycles. The number of carbonyl (C=O) groups is 1. The summed E-state index contributed by atoms with van der Waals surface area (Å²) in [4.78, 5) is 12.6. The normalized spacial score (nSPS) is 10.4. The summed E-state index contributed by atoms with van der Waals surface area (Å²) in [6.45, 7) is 6.53. The molecule has 1 aromatic rings. The van der Waals surface area contributed by atoms with E-state index in [1.54, 1.807) is 0 Å². The lowest BCUT2D eigenvalue weighted by Gasteiger charge is -2.06. The molecule has 0 heterocycles. The van der Waals surface area contributed by atoms with Crippen LogP contribution >= 0.6 is 11.8 Å². The number of nitrogens with one attached hydrogen (secondary N) is 1. The highest BCUT2D eigenvalue weighted by molar-refractivity contribution is 8.00. The Balaban J connectivity index is 2.33. The van der Waals surface area contributed by atoms with Gasteiger partial charge in [-0.1, -0.05) is 32.4 Å². The standard InChI is InChI=1S/C15H23NO2S/c1-3-5-9-18-15(17)12-19-14-8-6-7-13(10-14)11-16-4-2/h6-8,10,16H,3-5,9,11-12H2,1-2H3. The van der Waals surface area contributed by atoms with Gasteiger partial charge in [-0.05, 0) is 30.7 Å². The third-order valence-electron chi connectivity index (χ3n) is 2.60. The number of rotatable bonds is 9. The van der Waals surface area contributed by atoms with Crippen molar-refractivity contribution in [2.45, 2.75) is 38.1 Å². The van der Waals surface area contributed by atoms with Gasteiger partial charge in [0.15, 0.2) is 0 Å². The predicted molar refractivity (Wildman–Crippen MR) is 80.4 cm³/mol. The van der Waals surface area contributed by atoms with Crippen molar-refractivity contribution in [2.24, 2.45) is 0 Å². The van der Waals surface area contributed by atoms with Gasteiger partial charge in [0.2, 0.25) is 0 Å². The van der Waals surface area contributed by atoms with E-state index in [0.29, 0.717) is 12.4 Å². The Morgan fingerprint density at radius 3 is 2.95 bits per heavy atom. The van der Waals surface area contributed by atoms with Crippen LogP contribution in [0.4, 0.5) is 0 Å². The van der Waals surface area contributed by atoms with Gasteiger partial charge in [-0.3, -0.25) is 4.79 Å². The minimum atomic E-state index is -0.129. The van der Waals surface area contributed by atoms with E-state index < -0.39 is 0 Å². The van der Waals surface area contributed by atoms with Crippen molar-refractivity contribution in [1.29, 1.82) is 0 Å². The number of ether oxygens (including phenoxy) is 1. The van der Waals surface area contributed by atoms with Crippen LogP contribution in [0.3, 0.4) is 0 Å². The van der Waals surface area contributed by atoms with Crippen molar-refractivity contribution < 1.29 is 9.53 Å². The number of carbonyl (C=O) groups excluding carboxylic acids is 1. The summed E-state index contributed by atoms with van der Waals surface area (Å²) < 4.78 is 5.13. The van der Waals surface area contributed by atoms with Gasteiger partial charge in [-0.25, -0.2) is 0 Å². The van der Waals surface area contributed by atoms with E-state index in [-0.39, 0.29) is 5.97 Å². The molecule has 0 bridgehead atoms. The third-order valence-corrected chi connectivity index (χ3v) is 3.56. The van der Waals surface area contributed by atoms with Gasteiger partial charge >= 0.3 is 5.97 Å². The van der Waals surface area contributed by atoms with E-state index in [1.165, 1.54) is 17.3 Å². The summed E-state index contributed by atoms with van der Waals surface area (Å²) in [5.41, 5.74) is 1.24. The summed E-state index contributed by atoms with van der Waals surface area (Å²) in [7, 11) is 0. The first kappa shape index (κ1) is 16.1. The van der Waals surface area contributed by atoms with Crippen molar-refractivity contribution >= 4 is 17.7 Å². The van der Waals surface area contributed by atoms with E-state index in [4.69, 9.17) is 4.74 Å². The minimum Gasteiger partial charge on any atom is -0.465 e. The van der Waals surface area contributed by atoms with E-state index >= 15 is 0 Å². The Labute approximate surface area is 120 Å². The first-order valence-electron chi connectivity index (χ1n) is 6.84. The summed E-state index contributed by atoms with van der Waals surface area (Å²) in [5, 5.41) is 3.29. The van der Waals surface area contributed by atoms with Crippen LogP contribution in [-0.4, -0.2) is 24.9 Å². The van der Waals surface area contributed by atoms with Crippen molar-refractivity contribution in [1.82, 2.24) is 5.32 Å². The number of hydrogen-bond acceptors (Lipinski definition) is 4. The SMILES string of the molecule is CCCCOC(=O)CSc1cccc(CNCC)c1. The lowest BCUT2D eigenvalue weighted by molar-refractivity contribution is -0.140. The zero-order chi connectivity index (χ0) is 13.9. The zero-order valence-corrected chi connectivity index (χ0v) is 12.6. The molecule has 106 valence electrons. The van der Waals surface area contributed by atoms with Crippen LogP contribution in [0, 0.1) is 0 Å². The molecule has 0 amide bonds. The van der Waals surface area contributed by atoms with Gasteiger partial charge in [-0.2, -0.15) is 0 Å². The van der Waals surface area contributed by atoms with Gasteiger partial charge in [0.25, 0.3) is 0 Å². The summed E-state index contributed by atoms with van der Waals surface area (Å²) in [5.74, 6) is 0.254. The van der Waals surface area contributed by atoms with E-state index in [0.717, 1.165) is 30.8 Å². The van der Waals surface area contributed by atoms with Crippen LogP contribution in [-0.2, 0) is 16.1 Å². The van der Waals surface area contributed by atoms with Gasteiger partial charge in [0.1, 0.15) is 0 Å². The Hall–Kier alpha value is -1.00. The third kappa shape index (κ3) is 7.23. The van der Waals surface area contributed by atoms with Crippen LogP contribution in [0.25, 0.3) is 0 Å². The first-order valence-corrected chi connectivity index (χ1v) is 7.83. The number of esters is 1. The van der Waals surface area contributed by atoms with E-state index in [2.05, 4.69) is 31.3 Å². The molecule has 0 aliphatic heterocycles. The van der Waals surface area contributed by atoms with Gasteiger partial charge in [-0.15, -0.1) is 11.8 Å². The lowest BCUT2D eigenvalue weighted by Crippen LogP contribution is -2.11. The fourth-order valence-electron chi connectivity index (χ4n) is 1.53. The highest BCUT2D eigenvalue weighted by Crippen LogP contribution is 2.19. The Kier molecular flexibility index (Phi) is 8.34. The molecule has 0 atom stereocenters. The quantitative estimate of drug-likeness (QED) is 0.428. The molecule has 1 rings (SSSR count). The molecule has 1 aromatic carbocycles. The van der Waals surface area contributed by atoms with Gasteiger partial charge in [0.05, 0.1) is 12.4 Å². The maximum absolute atomic E-state index is 11.5. The molecule has 0 aliphatic carbocycles. The van der Waals surface area contributed by atoms with Crippen LogP contribution < -0.4 is 5.32 Å². The monoisotopic (exact) mass is 281 g/mol. The lowest BCUT2D eigenvalue weighted by atomic mass is 10.2. The zero-order valence-electron chi connectivity index (χ0n) is 11.8. The molecule has 0 fully saturated rings. The summed E-state index contributed by atoms with van der Waals surface area (Å²) >= 11 is 1.53. The number of hydrogen-bond donors (Lipinski definition) is 1. The second-order valence-electron chi connectivity index (χ2n) is 4.29. The van der Waals surface area contributed by atoms with Crippen LogP contribution in [0.1, 0.15) is 32.3 Å². The van der Waals surface area contributed by atoms with Crippen LogP contribution in [0.15, 0.2) is 29.2 Å². The molecule has 0 aromatic heterocycles. The Morgan fingerprint density at radius 2 is 2.21 bits per heavy atom. The Morgan fingerprint density at radius 1 is 1.37 bits per heavy atom. The van der Waals surface area contributed by atoms with Crippen molar-refractivity contribution in [2.75, 3.05) is 18.9 Å². The molecular weight excluding hydrogens is 258 g/mol. The molecule has 0 spiro atoms. The predicted octanol–water partition coefficient (Wildman–Crippen LogP) is 3.23. The van der Waals surface area contributed by atoms with E-state index in [1.807, 2.05) is 12.1 Å². The van der Waals surface area contributed by atoms with E-state index in [9.17, 15) is 4.79 Å². The molecule has 4 heteroatoms. The molecule has 0 saturated carbocycles. The highest BCUT2D eigenvalue weighted by Gasteiger charge is 2.04. The van der Waals surface area contributed by atoms with Crippen molar-refractivity contribution in [3.63, 3.8) is 0 Å². The summed E-state index contributed by atoms with van der Waals surface area (Å²) in [6, 6.07) is 8.26. The van der Waals surface area contributed by atoms with Crippen LogP contribution in [0.5, 0.6) is 0 Å². The number of thioether (sulfide) groups is 1. The molecule has 3 nitrogen and oxygen atoms in total. The topological polar surface area (TPSA) is 38.3 Å². The molecular formula is C15H23NO2S. The molecule has 19 heavy (non-hydrogen) atoms. The van der Waals surface area contributed by atoms with Crippen molar-refractivity contribution in [3.8, 4) is 0 Å². The second kappa shape index (κ2) is 9.87. The number of benzene rings is 1. The second-order valence-corrected chi connectivity index (χ2v) is 5.34. The minimum absolute atomic E-state index is 0.129. The van der Waals surface area contributed by atoms with Crippen molar-refractivity contribution in [3.05, 3.63) is 29.8 Å². The maximum Gasteiger partial charge on any atom is 0.316 e. The molecule has 0 unspecified atom stereocenters. The van der Waals surface area contributed by atoms with Gasteiger partial charge < -0.3 is 10.1 Å². The molecule has 1 N–H and O–H groups in total. The fraction of sp³-hybridized carbons (Fsp3) is 0.533. The summed E-state index contributed by atoms with van der Waals surface area (Å²) in [6.07, 6.45) is 1.99. The highest BCUT2D eigenvalue weighted by atomic mass is 32.2.